The van der Waals surface area contributed by atoms with Gasteiger partial charge in [0.15, 0.2) is 0 Å². The van der Waals surface area contributed by atoms with Gasteiger partial charge in [-0.25, -0.2) is 0 Å². The number of rotatable bonds is 3. The summed E-state index contributed by atoms with van der Waals surface area (Å²) < 4.78 is 5.50. The van der Waals surface area contributed by atoms with Crippen molar-refractivity contribution in [1.29, 1.82) is 0 Å². The normalized spacial score (nSPS) is 23.1. The van der Waals surface area contributed by atoms with E-state index in [-0.39, 0.29) is 12.0 Å². The Labute approximate surface area is 115 Å². The molecule has 1 aromatic rings. The molecule has 1 heterocycles. The van der Waals surface area contributed by atoms with E-state index in [0.717, 1.165) is 6.42 Å². The third-order valence-corrected chi connectivity index (χ3v) is 3.40. The molecule has 0 bridgehead atoms. The van der Waals surface area contributed by atoms with Crippen molar-refractivity contribution >= 4 is 34.8 Å². The van der Waals surface area contributed by atoms with Gasteiger partial charge in [0.2, 0.25) is 0 Å². The number of amides is 1. The second kappa shape index (κ2) is 5.89. The van der Waals surface area contributed by atoms with E-state index in [4.69, 9.17) is 33.7 Å². The van der Waals surface area contributed by atoms with Gasteiger partial charge in [-0.3, -0.25) is 4.79 Å². The van der Waals surface area contributed by atoms with Crippen LogP contribution in [0.2, 0.25) is 10.0 Å². The molecule has 1 saturated heterocycles. The van der Waals surface area contributed by atoms with E-state index in [1.807, 2.05) is 0 Å². The van der Waals surface area contributed by atoms with Crippen molar-refractivity contribution in [3.8, 4) is 0 Å². The molecule has 0 aromatic heterocycles. The van der Waals surface area contributed by atoms with Crippen LogP contribution in [-0.4, -0.2) is 24.7 Å². The zero-order valence-corrected chi connectivity index (χ0v) is 11.2. The lowest BCUT2D eigenvalue weighted by molar-refractivity contribution is -0.126. The molecule has 1 amide bonds. The largest absolute Gasteiger partial charge is 0.364 e. The Hall–Kier alpha value is -0.810. The molecule has 1 aromatic carbocycles. The van der Waals surface area contributed by atoms with Gasteiger partial charge in [-0.15, -0.1) is 0 Å². The monoisotopic (exact) mass is 288 g/mol. The molecule has 0 saturated carbocycles. The molecule has 2 rings (SSSR count). The molecule has 0 spiro atoms. The maximum atomic E-state index is 11.9. The van der Waals surface area contributed by atoms with Gasteiger partial charge in [0.25, 0.3) is 5.91 Å². The highest BCUT2D eigenvalue weighted by molar-refractivity contribution is 6.36. The zero-order chi connectivity index (χ0) is 13.1. The Bertz CT molecular complexity index is 454. The van der Waals surface area contributed by atoms with Crippen LogP contribution in [0.3, 0.4) is 0 Å². The summed E-state index contributed by atoms with van der Waals surface area (Å²) in [7, 11) is 0. The highest BCUT2D eigenvalue weighted by Gasteiger charge is 2.30. The summed E-state index contributed by atoms with van der Waals surface area (Å²) in [6, 6.07) is 4.91. The third kappa shape index (κ3) is 3.14. The quantitative estimate of drug-likeness (QED) is 0.898. The van der Waals surface area contributed by atoms with Gasteiger partial charge in [-0.2, -0.15) is 0 Å². The first-order chi connectivity index (χ1) is 8.60. The summed E-state index contributed by atoms with van der Waals surface area (Å²) >= 11 is 11.8. The Morgan fingerprint density at radius 1 is 1.44 bits per heavy atom. The van der Waals surface area contributed by atoms with Crippen LogP contribution in [0.15, 0.2) is 18.2 Å². The van der Waals surface area contributed by atoms with Crippen molar-refractivity contribution in [3.05, 3.63) is 28.2 Å². The Morgan fingerprint density at radius 3 is 2.83 bits per heavy atom. The van der Waals surface area contributed by atoms with Crippen LogP contribution < -0.4 is 11.1 Å². The molecule has 1 aliphatic rings. The van der Waals surface area contributed by atoms with E-state index >= 15 is 0 Å². The molecule has 18 heavy (non-hydrogen) atoms. The molecule has 3 N–H and O–H groups in total. The average molecular weight is 289 g/mol. The fraction of sp³-hybridized carbons (Fsp3) is 0.417. The Kier molecular flexibility index (Phi) is 4.45. The van der Waals surface area contributed by atoms with Gasteiger partial charge >= 0.3 is 0 Å². The lowest BCUT2D eigenvalue weighted by atomic mass is 10.2. The van der Waals surface area contributed by atoms with Crippen LogP contribution in [0.5, 0.6) is 0 Å². The van der Waals surface area contributed by atoms with Crippen LogP contribution >= 0.6 is 23.2 Å². The van der Waals surface area contributed by atoms with E-state index in [9.17, 15) is 4.79 Å². The van der Waals surface area contributed by atoms with Gasteiger partial charge in [0.05, 0.1) is 16.8 Å². The fourth-order valence-electron chi connectivity index (χ4n) is 1.88. The number of carbonyl (C=O) groups excluding carboxylic acids is 1. The van der Waals surface area contributed by atoms with Gasteiger partial charge in [0.1, 0.15) is 6.10 Å². The van der Waals surface area contributed by atoms with E-state index < -0.39 is 6.10 Å². The number of carbonyl (C=O) groups is 1. The van der Waals surface area contributed by atoms with Crippen molar-refractivity contribution in [2.45, 2.75) is 25.0 Å². The Morgan fingerprint density at radius 2 is 2.22 bits per heavy atom. The molecule has 0 radical (unpaired) electrons. The standard InChI is InChI=1S/C12H14Cl2N2O2/c13-7-1-3-10(9(14)5-7)16-12(17)11-4-2-8(6-15)18-11/h1,3,5,8,11H,2,4,6,15H2,(H,16,17). The number of anilines is 1. The van der Waals surface area contributed by atoms with Crippen molar-refractivity contribution in [2.75, 3.05) is 11.9 Å². The van der Waals surface area contributed by atoms with Crippen molar-refractivity contribution in [2.24, 2.45) is 5.73 Å². The van der Waals surface area contributed by atoms with Gasteiger partial charge in [0, 0.05) is 11.6 Å². The maximum Gasteiger partial charge on any atom is 0.253 e. The predicted molar refractivity (Wildman–Crippen MR) is 72.0 cm³/mol. The van der Waals surface area contributed by atoms with Crippen LogP contribution in [-0.2, 0) is 9.53 Å². The SMILES string of the molecule is NCC1CCC(C(=O)Nc2ccc(Cl)cc2Cl)O1. The first-order valence-corrected chi connectivity index (χ1v) is 6.47. The second-order valence-electron chi connectivity index (χ2n) is 4.17. The highest BCUT2D eigenvalue weighted by Crippen LogP contribution is 2.27. The highest BCUT2D eigenvalue weighted by atomic mass is 35.5. The topological polar surface area (TPSA) is 64.4 Å². The number of hydrogen-bond acceptors (Lipinski definition) is 3. The first kappa shape index (κ1) is 13.6. The molecule has 4 nitrogen and oxygen atoms in total. The smallest absolute Gasteiger partial charge is 0.253 e. The lowest BCUT2D eigenvalue weighted by Gasteiger charge is -2.13. The van der Waals surface area contributed by atoms with E-state index in [1.165, 1.54) is 0 Å². The molecule has 2 unspecified atom stereocenters. The van der Waals surface area contributed by atoms with Gasteiger partial charge in [-0.05, 0) is 31.0 Å². The van der Waals surface area contributed by atoms with Crippen molar-refractivity contribution < 1.29 is 9.53 Å². The predicted octanol–water partition coefficient (Wildman–Crippen LogP) is 2.44. The van der Waals surface area contributed by atoms with Crippen LogP contribution in [0, 0.1) is 0 Å². The summed E-state index contributed by atoms with van der Waals surface area (Å²) in [4.78, 5) is 11.9. The molecular formula is C12H14Cl2N2O2. The van der Waals surface area contributed by atoms with E-state index in [2.05, 4.69) is 5.32 Å². The fourth-order valence-corrected chi connectivity index (χ4v) is 2.33. The number of nitrogens with one attached hydrogen (secondary N) is 1. The minimum Gasteiger partial charge on any atom is -0.364 e. The summed E-state index contributed by atoms with van der Waals surface area (Å²) in [5.41, 5.74) is 6.03. The summed E-state index contributed by atoms with van der Waals surface area (Å²) in [6.45, 7) is 0.436. The van der Waals surface area contributed by atoms with Gasteiger partial charge in [-0.1, -0.05) is 23.2 Å². The van der Waals surface area contributed by atoms with Crippen LogP contribution in [0.25, 0.3) is 0 Å². The maximum absolute atomic E-state index is 11.9. The first-order valence-electron chi connectivity index (χ1n) is 5.71. The Balaban J connectivity index is 1.99. The van der Waals surface area contributed by atoms with Crippen LogP contribution in [0.4, 0.5) is 5.69 Å². The summed E-state index contributed by atoms with van der Waals surface area (Å²) in [6.07, 6.45) is 1.01. The van der Waals surface area contributed by atoms with Crippen molar-refractivity contribution in [3.63, 3.8) is 0 Å². The molecular weight excluding hydrogens is 275 g/mol. The molecule has 1 fully saturated rings. The lowest BCUT2D eigenvalue weighted by Crippen LogP contribution is -2.29. The minimum atomic E-state index is -0.453. The van der Waals surface area contributed by atoms with Crippen molar-refractivity contribution in [1.82, 2.24) is 0 Å². The third-order valence-electron chi connectivity index (χ3n) is 2.85. The number of halogens is 2. The zero-order valence-electron chi connectivity index (χ0n) is 9.66. The minimum absolute atomic E-state index is 0.0264. The second-order valence-corrected chi connectivity index (χ2v) is 5.02. The molecule has 0 aliphatic carbocycles. The molecule has 2 atom stereocenters. The van der Waals surface area contributed by atoms with E-state index in [0.29, 0.717) is 28.7 Å². The number of ether oxygens (including phenoxy) is 1. The van der Waals surface area contributed by atoms with Gasteiger partial charge < -0.3 is 15.8 Å². The number of benzene rings is 1. The number of nitrogens with two attached hydrogens (primary N) is 1. The molecule has 1 aliphatic heterocycles. The summed E-state index contributed by atoms with van der Waals surface area (Å²) in [5.74, 6) is -0.199. The molecule has 6 heteroatoms. The average Bonchev–Trinajstić information content (AvgIpc) is 2.81. The number of hydrogen-bond donors (Lipinski definition) is 2. The van der Waals surface area contributed by atoms with E-state index in [1.54, 1.807) is 18.2 Å². The van der Waals surface area contributed by atoms with Crippen LogP contribution in [0.1, 0.15) is 12.8 Å². The summed E-state index contributed by atoms with van der Waals surface area (Å²) in [5, 5.41) is 3.66. The molecule has 98 valence electrons.